The number of nitrogens with zero attached hydrogens (tertiary/aromatic N) is 1. The van der Waals surface area contributed by atoms with Gasteiger partial charge in [-0.05, 0) is 38.5 Å². The van der Waals surface area contributed by atoms with Crippen molar-refractivity contribution in [3.05, 3.63) is 63.7 Å². The summed E-state index contributed by atoms with van der Waals surface area (Å²) in [7, 11) is -4.09. The molecule has 2 rings (SSSR count). The number of aryl methyl sites for hydroxylation is 1. The van der Waals surface area contributed by atoms with Gasteiger partial charge in [0, 0.05) is 18.7 Å². The van der Waals surface area contributed by atoms with Gasteiger partial charge in [0.1, 0.15) is 5.69 Å². The highest BCUT2D eigenvalue weighted by atomic mass is 32.2. The van der Waals surface area contributed by atoms with E-state index in [1.165, 1.54) is 12.1 Å². The number of nitro groups is 1. The van der Waals surface area contributed by atoms with Crippen LogP contribution in [0.3, 0.4) is 0 Å². The van der Waals surface area contributed by atoms with Crippen molar-refractivity contribution in [3.8, 4) is 0 Å². The Morgan fingerprint density at radius 2 is 1.79 bits per heavy atom. The Kier molecular flexibility index (Phi) is 7.29. The van der Waals surface area contributed by atoms with E-state index < -0.39 is 27.4 Å². The number of rotatable bonds is 9. The van der Waals surface area contributed by atoms with Crippen molar-refractivity contribution in [1.29, 1.82) is 0 Å². The van der Waals surface area contributed by atoms with E-state index in [2.05, 4.69) is 15.4 Å². The molecule has 1 amide bonds. The Hall–Kier alpha value is -2.98. The van der Waals surface area contributed by atoms with Gasteiger partial charge < -0.3 is 10.6 Å². The lowest BCUT2D eigenvalue weighted by molar-refractivity contribution is -0.384. The highest BCUT2D eigenvalue weighted by molar-refractivity contribution is 7.89. The van der Waals surface area contributed by atoms with E-state index in [1.54, 1.807) is 0 Å². The van der Waals surface area contributed by atoms with Crippen LogP contribution in [0.1, 0.15) is 25.0 Å². The Morgan fingerprint density at radius 1 is 1.14 bits per heavy atom. The third kappa shape index (κ3) is 6.54. The normalized spacial score (nSPS) is 11.3. The lowest BCUT2D eigenvalue weighted by atomic mass is 10.1. The van der Waals surface area contributed by atoms with Gasteiger partial charge >= 0.3 is 0 Å². The van der Waals surface area contributed by atoms with Crippen LogP contribution >= 0.6 is 0 Å². The summed E-state index contributed by atoms with van der Waals surface area (Å²) >= 11 is 0. The van der Waals surface area contributed by atoms with Gasteiger partial charge in [0.25, 0.3) is 5.69 Å². The third-order valence-electron chi connectivity index (χ3n) is 3.95. The first-order chi connectivity index (χ1) is 13.6. The number of hydrogen-bond donors (Lipinski definition) is 3. The summed E-state index contributed by atoms with van der Waals surface area (Å²) in [6, 6.07) is 11.1. The number of anilines is 1. The summed E-state index contributed by atoms with van der Waals surface area (Å²) in [5.41, 5.74) is 1.84. The molecule has 29 heavy (non-hydrogen) atoms. The molecule has 2 aromatic rings. The molecule has 0 bridgehead atoms. The number of hydrogen-bond acceptors (Lipinski definition) is 6. The number of benzene rings is 2. The number of amides is 1. The molecule has 0 atom stereocenters. The van der Waals surface area contributed by atoms with E-state index in [4.69, 9.17) is 0 Å². The number of carbonyl (C=O) groups excluding carboxylic acids is 1. The van der Waals surface area contributed by atoms with Crippen LogP contribution in [0.5, 0.6) is 0 Å². The SMILES string of the molecule is Cc1ccc(CNC(=O)CNS(=O)(=O)c2ccc(NC(C)C)c([N+](=O)[O-])c2)cc1. The minimum atomic E-state index is -4.09. The molecule has 10 heteroatoms. The second-order valence-corrected chi connectivity index (χ2v) is 8.59. The largest absolute Gasteiger partial charge is 0.377 e. The molecule has 2 aromatic carbocycles. The van der Waals surface area contributed by atoms with Crippen LogP contribution < -0.4 is 15.4 Å². The minimum Gasteiger partial charge on any atom is -0.377 e. The molecule has 9 nitrogen and oxygen atoms in total. The predicted molar refractivity (Wildman–Crippen MR) is 110 cm³/mol. The molecule has 0 aliphatic carbocycles. The van der Waals surface area contributed by atoms with Crippen LogP contribution in [0, 0.1) is 17.0 Å². The van der Waals surface area contributed by atoms with E-state index in [0.29, 0.717) is 0 Å². The molecule has 3 N–H and O–H groups in total. The van der Waals surface area contributed by atoms with Gasteiger partial charge in [-0.15, -0.1) is 0 Å². The zero-order chi connectivity index (χ0) is 21.6. The van der Waals surface area contributed by atoms with Gasteiger partial charge in [-0.3, -0.25) is 14.9 Å². The molecular weight excluding hydrogens is 396 g/mol. The molecule has 0 saturated heterocycles. The lowest BCUT2D eigenvalue weighted by Crippen LogP contribution is -2.36. The summed E-state index contributed by atoms with van der Waals surface area (Å²) in [5.74, 6) is -0.512. The van der Waals surface area contributed by atoms with Crippen molar-refractivity contribution < 1.29 is 18.1 Å². The van der Waals surface area contributed by atoms with Crippen molar-refractivity contribution in [2.75, 3.05) is 11.9 Å². The molecule has 0 unspecified atom stereocenters. The summed E-state index contributed by atoms with van der Waals surface area (Å²) < 4.78 is 27.0. The minimum absolute atomic E-state index is 0.0634. The first kappa shape index (κ1) is 22.3. The van der Waals surface area contributed by atoms with Crippen molar-refractivity contribution >= 4 is 27.3 Å². The molecule has 156 valence electrons. The van der Waals surface area contributed by atoms with Gasteiger partial charge in [0.15, 0.2) is 0 Å². The zero-order valence-electron chi connectivity index (χ0n) is 16.4. The van der Waals surface area contributed by atoms with Gasteiger partial charge in [-0.2, -0.15) is 0 Å². The summed E-state index contributed by atoms with van der Waals surface area (Å²) in [5, 5.41) is 16.8. The standard InChI is InChI=1S/C19H24N4O5S/c1-13(2)22-17-9-8-16(10-18(17)23(25)26)29(27,28)21-12-19(24)20-11-15-6-4-14(3)5-7-15/h4-10,13,21-22H,11-12H2,1-3H3,(H,20,24). The summed E-state index contributed by atoms with van der Waals surface area (Å²) in [6.07, 6.45) is 0. The predicted octanol–water partition coefficient (Wildman–Crippen LogP) is 2.32. The fraction of sp³-hybridized carbons (Fsp3) is 0.316. The first-order valence-corrected chi connectivity index (χ1v) is 10.4. The monoisotopic (exact) mass is 420 g/mol. The fourth-order valence-corrected chi connectivity index (χ4v) is 3.48. The number of carbonyl (C=O) groups is 1. The molecule has 0 saturated carbocycles. The lowest BCUT2D eigenvalue weighted by Gasteiger charge is -2.12. The molecule has 0 aromatic heterocycles. The maximum Gasteiger partial charge on any atom is 0.293 e. The molecule has 0 fully saturated rings. The van der Waals surface area contributed by atoms with Crippen molar-refractivity contribution in [1.82, 2.24) is 10.0 Å². The second kappa shape index (κ2) is 9.48. The Labute approximate surface area is 169 Å². The van der Waals surface area contributed by atoms with Gasteiger partial charge in [-0.25, -0.2) is 13.1 Å². The van der Waals surface area contributed by atoms with E-state index in [9.17, 15) is 23.3 Å². The zero-order valence-corrected chi connectivity index (χ0v) is 17.2. The smallest absolute Gasteiger partial charge is 0.293 e. The average Bonchev–Trinajstić information content (AvgIpc) is 2.65. The molecule has 0 aliphatic heterocycles. The van der Waals surface area contributed by atoms with Crippen LogP contribution in [-0.4, -0.2) is 31.8 Å². The maximum absolute atomic E-state index is 12.4. The second-order valence-electron chi connectivity index (χ2n) is 6.82. The third-order valence-corrected chi connectivity index (χ3v) is 5.35. The Balaban J connectivity index is 2.02. The van der Waals surface area contributed by atoms with Gasteiger partial charge in [0.2, 0.25) is 15.9 Å². The summed E-state index contributed by atoms with van der Waals surface area (Å²) in [4.78, 5) is 22.3. The molecule has 0 heterocycles. The summed E-state index contributed by atoms with van der Waals surface area (Å²) in [6.45, 7) is 5.36. The van der Waals surface area contributed by atoms with E-state index in [1.807, 2.05) is 45.0 Å². The van der Waals surface area contributed by atoms with Crippen molar-refractivity contribution in [2.45, 2.75) is 38.3 Å². The highest BCUT2D eigenvalue weighted by Gasteiger charge is 2.22. The van der Waals surface area contributed by atoms with Crippen LogP contribution in [0.2, 0.25) is 0 Å². The Bertz CT molecular complexity index is 988. The highest BCUT2D eigenvalue weighted by Crippen LogP contribution is 2.28. The van der Waals surface area contributed by atoms with Crippen LogP contribution in [0.25, 0.3) is 0 Å². The number of sulfonamides is 1. The van der Waals surface area contributed by atoms with Crippen LogP contribution in [0.4, 0.5) is 11.4 Å². The molecule has 0 spiro atoms. The fourth-order valence-electron chi connectivity index (χ4n) is 2.48. The molecular formula is C19H24N4O5S. The van der Waals surface area contributed by atoms with Gasteiger partial charge in [0.05, 0.1) is 16.4 Å². The van der Waals surface area contributed by atoms with Crippen LogP contribution in [0.15, 0.2) is 47.4 Å². The maximum atomic E-state index is 12.4. The van der Waals surface area contributed by atoms with E-state index in [-0.39, 0.29) is 28.9 Å². The number of nitrogens with one attached hydrogen (secondary N) is 3. The first-order valence-electron chi connectivity index (χ1n) is 8.95. The molecule has 0 radical (unpaired) electrons. The van der Waals surface area contributed by atoms with E-state index >= 15 is 0 Å². The van der Waals surface area contributed by atoms with E-state index in [0.717, 1.165) is 17.2 Å². The molecule has 0 aliphatic rings. The Morgan fingerprint density at radius 3 is 2.38 bits per heavy atom. The van der Waals surface area contributed by atoms with Gasteiger partial charge in [-0.1, -0.05) is 29.8 Å². The average molecular weight is 420 g/mol. The topological polar surface area (TPSA) is 130 Å². The van der Waals surface area contributed by atoms with Crippen molar-refractivity contribution in [2.24, 2.45) is 0 Å². The van der Waals surface area contributed by atoms with Crippen LogP contribution in [-0.2, 0) is 21.4 Å². The number of nitro benzene ring substituents is 1. The quantitative estimate of drug-likeness (QED) is 0.421. The van der Waals surface area contributed by atoms with Crippen molar-refractivity contribution in [3.63, 3.8) is 0 Å².